The second-order valence-corrected chi connectivity index (χ2v) is 4.54. The van der Waals surface area contributed by atoms with Crippen LogP contribution >= 0.6 is 0 Å². The monoisotopic (exact) mass is 301 g/mol. The fourth-order valence-corrected chi connectivity index (χ4v) is 1.78. The Morgan fingerprint density at radius 2 is 1.73 bits per heavy atom. The van der Waals surface area contributed by atoms with Gasteiger partial charge in [-0.15, -0.1) is 0 Å². The summed E-state index contributed by atoms with van der Waals surface area (Å²) in [7, 11) is 0. The smallest absolute Gasteiger partial charge is 0.226 e. The van der Waals surface area contributed by atoms with Crippen molar-refractivity contribution in [2.75, 3.05) is 17.2 Å². The van der Waals surface area contributed by atoms with Gasteiger partial charge in [0, 0.05) is 24.3 Å². The van der Waals surface area contributed by atoms with Gasteiger partial charge in [-0.2, -0.15) is 5.26 Å². The fourth-order valence-electron chi connectivity index (χ4n) is 1.78. The summed E-state index contributed by atoms with van der Waals surface area (Å²) in [5.74, 6) is -2.07. The predicted molar refractivity (Wildman–Crippen MR) is 79.3 cm³/mol. The topological polar surface area (TPSA) is 64.9 Å². The van der Waals surface area contributed by atoms with Crippen molar-refractivity contribution in [1.29, 1.82) is 5.26 Å². The molecule has 0 bridgehead atoms. The Morgan fingerprint density at radius 3 is 2.36 bits per heavy atom. The van der Waals surface area contributed by atoms with Crippen molar-refractivity contribution in [3.05, 3.63) is 59.7 Å². The molecule has 0 aliphatic carbocycles. The van der Waals surface area contributed by atoms with Gasteiger partial charge in [-0.25, -0.2) is 8.78 Å². The number of nitriles is 1. The van der Waals surface area contributed by atoms with Gasteiger partial charge in [-0.3, -0.25) is 4.79 Å². The lowest BCUT2D eigenvalue weighted by Gasteiger charge is -2.08. The normalized spacial score (nSPS) is 9.86. The number of carbonyl (C=O) groups excluding carboxylic acids is 1. The van der Waals surface area contributed by atoms with Crippen LogP contribution in [-0.2, 0) is 4.79 Å². The second kappa shape index (κ2) is 7.18. The third-order valence-corrected chi connectivity index (χ3v) is 2.90. The van der Waals surface area contributed by atoms with E-state index in [1.54, 1.807) is 24.3 Å². The number of hydrogen-bond donors (Lipinski definition) is 2. The Morgan fingerprint density at radius 1 is 1.05 bits per heavy atom. The first-order valence-electron chi connectivity index (χ1n) is 6.57. The van der Waals surface area contributed by atoms with E-state index in [2.05, 4.69) is 10.6 Å². The molecular weight excluding hydrogens is 288 g/mol. The molecule has 112 valence electrons. The van der Waals surface area contributed by atoms with Crippen LogP contribution in [0.5, 0.6) is 0 Å². The molecule has 2 aromatic rings. The van der Waals surface area contributed by atoms with Crippen molar-refractivity contribution >= 4 is 17.3 Å². The highest BCUT2D eigenvalue weighted by molar-refractivity contribution is 5.91. The maximum absolute atomic E-state index is 13.0. The number of carbonyl (C=O) groups is 1. The molecule has 2 aromatic carbocycles. The maximum atomic E-state index is 13.0. The number of nitrogens with zero attached hydrogens (tertiary/aromatic N) is 1. The molecule has 0 aliphatic heterocycles. The highest BCUT2D eigenvalue weighted by Crippen LogP contribution is 2.13. The van der Waals surface area contributed by atoms with Gasteiger partial charge in [-0.05, 0) is 42.5 Å². The lowest BCUT2D eigenvalue weighted by Crippen LogP contribution is -2.16. The first kappa shape index (κ1) is 15.4. The van der Waals surface area contributed by atoms with E-state index >= 15 is 0 Å². The molecule has 2 N–H and O–H groups in total. The third-order valence-electron chi connectivity index (χ3n) is 2.90. The summed E-state index contributed by atoms with van der Waals surface area (Å²) in [6, 6.07) is 11.9. The number of anilines is 2. The average Bonchev–Trinajstić information content (AvgIpc) is 2.51. The highest BCUT2D eigenvalue weighted by Gasteiger charge is 2.04. The van der Waals surface area contributed by atoms with Crippen LogP contribution in [0.3, 0.4) is 0 Å². The van der Waals surface area contributed by atoms with E-state index in [1.165, 1.54) is 6.07 Å². The van der Waals surface area contributed by atoms with Gasteiger partial charge < -0.3 is 10.6 Å². The van der Waals surface area contributed by atoms with Crippen LogP contribution in [0, 0.1) is 23.0 Å². The van der Waals surface area contributed by atoms with Crippen LogP contribution in [0.4, 0.5) is 20.2 Å². The Balaban J connectivity index is 1.80. The summed E-state index contributed by atoms with van der Waals surface area (Å²) in [6.45, 7) is 0.285. The molecule has 4 nitrogen and oxygen atoms in total. The van der Waals surface area contributed by atoms with E-state index in [-0.39, 0.29) is 18.9 Å². The van der Waals surface area contributed by atoms with E-state index in [1.807, 2.05) is 6.07 Å². The van der Waals surface area contributed by atoms with Gasteiger partial charge in [0.05, 0.1) is 11.6 Å². The lowest BCUT2D eigenvalue weighted by molar-refractivity contribution is -0.115. The largest absolute Gasteiger partial charge is 0.384 e. The number of amides is 1. The minimum Gasteiger partial charge on any atom is -0.384 e. The zero-order valence-electron chi connectivity index (χ0n) is 11.6. The first-order valence-corrected chi connectivity index (χ1v) is 6.57. The molecule has 22 heavy (non-hydrogen) atoms. The van der Waals surface area contributed by atoms with Crippen molar-refractivity contribution in [3.63, 3.8) is 0 Å². The molecule has 0 fully saturated rings. The summed E-state index contributed by atoms with van der Waals surface area (Å²) >= 11 is 0. The molecule has 0 spiro atoms. The highest BCUT2D eigenvalue weighted by atomic mass is 19.2. The fraction of sp³-hybridized carbons (Fsp3) is 0.125. The lowest BCUT2D eigenvalue weighted by atomic mass is 10.2. The van der Waals surface area contributed by atoms with Crippen LogP contribution < -0.4 is 10.6 Å². The van der Waals surface area contributed by atoms with Gasteiger partial charge in [0.25, 0.3) is 0 Å². The van der Waals surface area contributed by atoms with Gasteiger partial charge in [0.2, 0.25) is 5.91 Å². The number of benzene rings is 2. The standard InChI is InChI=1S/C16H13F2N3O/c17-14-6-5-13(9-15(14)18)20-8-7-16(22)21-12-3-1-11(10-19)2-4-12/h1-6,9,20H,7-8H2,(H,21,22). The Labute approximate surface area is 126 Å². The van der Waals surface area contributed by atoms with Crippen LogP contribution in [0.1, 0.15) is 12.0 Å². The number of rotatable bonds is 5. The SMILES string of the molecule is N#Cc1ccc(NC(=O)CCNc2ccc(F)c(F)c2)cc1. The minimum atomic E-state index is -0.938. The van der Waals surface area contributed by atoms with E-state index in [4.69, 9.17) is 5.26 Å². The molecule has 0 heterocycles. The van der Waals surface area contributed by atoms with Crippen molar-refractivity contribution in [3.8, 4) is 6.07 Å². The molecule has 6 heteroatoms. The van der Waals surface area contributed by atoms with Crippen LogP contribution in [0.15, 0.2) is 42.5 Å². The van der Waals surface area contributed by atoms with E-state index in [0.29, 0.717) is 16.9 Å². The van der Waals surface area contributed by atoms with Gasteiger partial charge in [0.15, 0.2) is 11.6 Å². The summed E-state index contributed by atoms with van der Waals surface area (Å²) < 4.78 is 25.8. The van der Waals surface area contributed by atoms with Crippen molar-refractivity contribution in [2.24, 2.45) is 0 Å². The van der Waals surface area contributed by atoms with Crippen LogP contribution in [0.2, 0.25) is 0 Å². The van der Waals surface area contributed by atoms with E-state index < -0.39 is 11.6 Å². The Bertz CT molecular complexity index is 708. The first-order chi connectivity index (χ1) is 10.6. The molecule has 0 saturated heterocycles. The average molecular weight is 301 g/mol. The number of halogens is 2. The molecular formula is C16H13F2N3O. The van der Waals surface area contributed by atoms with Crippen molar-refractivity contribution < 1.29 is 13.6 Å². The molecule has 0 atom stereocenters. The third kappa shape index (κ3) is 4.28. The minimum absolute atomic E-state index is 0.166. The molecule has 0 aliphatic rings. The zero-order chi connectivity index (χ0) is 15.9. The molecule has 0 saturated carbocycles. The zero-order valence-corrected chi connectivity index (χ0v) is 11.6. The van der Waals surface area contributed by atoms with E-state index in [9.17, 15) is 13.6 Å². The predicted octanol–water partition coefficient (Wildman–Crippen LogP) is 3.28. The van der Waals surface area contributed by atoms with Crippen molar-refractivity contribution in [1.82, 2.24) is 0 Å². The van der Waals surface area contributed by atoms with E-state index in [0.717, 1.165) is 12.1 Å². The summed E-state index contributed by atoms with van der Waals surface area (Å²) in [6.07, 6.45) is 0.166. The maximum Gasteiger partial charge on any atom is 0.226 e. The summed E-state index contributed by atoms with van der Waals surface area (Å²) in [5, 5.41) is 14.2. The van der Waals surface area contributed by atoms with Gasteiger partial charge in [0.1, 0.15) is 0 Å². The molecule has 0 aromatic heterocycles. The summed E-state index contributed by atoms with van der Waals surface area (Å²) in [4.78, 5) is 11.7. The quantitative estimate of drug-likeness (QED) is 0.890. The van der Waals surface area contributed by atoms with Crippen molar-refractivity contribution in [2.45, 2.75) is 6.42 Å². The van der Waals surface area contributed by atoms with Crippen LogP contribution in [0.25, 0.3) is 0 Å². The van der Waals surface area contributed by atoms with Gasteiger partial charge in [-0.1, -0.05) is 0 Å². The molecule has 2 rings (SSSR count). The molecule has 1 amide bonds. The van der Waals surface area contributed by atoms with Gasteiger partial charge >= 0.3 is 0 Å². The molecule has 0 unspecified atom stereocenters. The van der Waals surface area contributed by atoms with Crippen LogP contribution in [-0.4, -0.2) is 12.5 Å². The Hall–Kier alpha value is -2.94. The molecule has 0 radical (unpaired) electrons. The second-order valence-electron chi connectivity index (χ2n) is 4.54. The summed E-state index contributed by atoms with van der Waals surface area (Å²) in [5.41, 5.74) is 1.51. The number of nitrogens with one attached hydrogen (secondary N) is 2. The number of hydrogen-bond acceptors (Lipinski definition) is 3. The Kier molecular flexibility index (Phi) is 5.04.